The van der Waals surface area contributed by atoms with Crippen molar-refractivity contribution in [2.24, 2.45) is 0 Å². The quantitative estimate of drug-likeness (QED) is 0.579. The molecule has 0 bridgehead atoms. The van der Waals surface area contributed by atoms with Crippen molar-refractivity contribution in [3.05, 3.63) is 53.6 Å². The van der Waals surface area contributed by atoms with Crippen molar-refractivity contribution in [1.82, 2.24) is 10.9 Å². The third-order valence-corrected chi connectivity index (χ3v) is 4.25. The van der Waals surface area contributed by atoms with Crippen molar-refractivity contribution >= 4 is 23.2 Å². The maximum absolute atomic E-state index is 12.4. The molecular formula is C19H22N4O3. The summed E-state index contributed by atoms with van der Waals surface area (Å²) < 4.78 is 0. The number of phenolic OH excluding ortho intramolecular Hbond substituents is 1. The fraction of sp³-hybridized carbons (Fsp3) is 0.263. The van der Waals surface area contributed by atoms with Crippen molar-refractivity contribution in [2.45, 2.75) is 32.4 Å². The molecule has 136 valence electrons. The minimum absolute atomic E-state index is 0.145. The summed E-state index contributed by atoms with van der Waals surface area (Å²) in [4.78, 5) is 23.5. The number of anilines is 2. The lowest BCUT2D eigenvalue weighted by Gasteiger charge is -2.12. The van der Waals surface area contributed by atoms with Crippen LogP contribution in [0, 0.1) is 6.92 Å². The van der Waals surface area contributed by atoms with Gasteiger partial charge in [-0.2, -0.15) is 0 Å². The topological polar surface area (TPSA) is 102 Å². The molecule has 2 aromatic carbocycles. The Morgan fingerprint density at radius 2 is 1.69 bits per heavy atom. The van der Waals surface area contributed by atoms with E-state index < -0.39 is 6.04 Å². The number of carbonyl (C=O) groups excluding carboxylic acids is 2. The number of phenols is 1. The third-order valence-electron chi connectivity index (χ3n) is 4.25. The first-order chi connectivity index (χ1) is 12.4. The first-order valence-electron chi connectivity index (χ1n) is 8.41. The Labute approximate surface area is 151 Å². The third kappa shape index (κ3) is 4.19. The van der Waals surface area contributed by atoms with E-state index in [4.69, 9.17) is 0 Å². The van der Waals surface area contributed by atoms with E-state index in [2.05, 4.69) is 21.5 Å². The summed E-state index contributed by atoms with van der Waals surface area (Å²) in [7, 11) is 0. The van der Waals surface area contributed by atoms with Gasteiger partial charge in [-0.1, -0.05) is 12.1 Å². The van der Waals surface area contributed by atoms with Crippen LogP contribution >= 0.6 is 0 Å². The van der Waals surface area contributed by atoms with E-state index in [9.17, 15) is 14.7 Å². The number of carbonyl (C=O) groups is 2. The van der Waals surface area contributed by atoms with Crippen LogP contribution in [0.15, 0.2) is 42.5 Å². The average molecular weight is 354 g/mol. The molecule has 0 aromatic heterocycles. The highest BCUT2D eigenvalue weighted by Gasteiger charge is 2.31. The second-order valence-electron chi connectivity index (χ2n) is 6.44. The van der Waals surface area contributed by atoms with Crippen LogP contribution in [0.2, 0.25) is 0 Å². The Bertz CT molecular complexity index is 820. The summed E-state index contributed by atoms with van der Waals surface area (Å²) in [5.41, 5.74) is 9.10. The summed E-state index contributed by atoms with van der Waals surface area (Å²) in [6.07, 6.45) is 0.520. The number of hydrogen-bond donors (Lipinski definition) is 5. The van der Waals surface area contributed by atoms with Crippen molar-refractivity contribution in [1.29, 1.82) is 0 Å². The molecule has 5 N–H and O–H groups in total. The van der Waals surface area contributed by atoms with Crippen LogP contribution in [0.1, 0.15) is 30.5 Å². The minimum Gasteiger partial charge on any atom is -0.508 e. The molecule has 1 fully saturated rings. The molecule has 0 saturated carbocycles. The number of nitrogens with one attached hydrogen (secondary N) is 4. The highest BCUT2D eigenvalue weighted by molar-refractivity contribution is 5.95. The van der Waals surface area contributed by atoms with Gasteiger partial charge in [0.2, 0.25) is 11.8 Å². The number of rotatable bonds is 4. The van der Waals surface area contributed by atoms with Crippen LogP contribution in [-0.4, -0.2) is 23.0 Å². The lowest BCUT2D eigenvalue weighted by Crippen LogP contribution is -2.39. The Kier molecular flexibility index (Phi) is 5.20. The zero-order valence-corrected chi connectivity index (χ0v) is 14.7. The maximum Gasteiger partial charge on any atom is 0.242 e. The van der Waals surface area contributed by atoms with Gasteiger partial charge in [0, 0.05) is 23.9 Å². The van der Waals surface area contributed by atoms with Gasteiger partial charge in [-0.15, -0.1) is 0 Å². The van der Waals surface area contributed by atoms with Gasteiger partial charge in [0.05, 0.1) is 6.04 Å². The molecule has 0 spiro atoms. The number of hydrogen-bond acceptors (Lipinski definition) is 5. The fourth-order valence-electron chi connectivity index (χ4n) is 2.95. The first-order valence-corrected chi connectivity index (χ1v) is 8.41. The molecule has 2 atom stereocenters. The Morgan fingerprint density at radius 3 is 2.31 bits per heavy atom. The first kappa shape index (κ1) is 17.9. The highest BCUT2D eigenvalue weighted by atomic mass is 16.3. The molecule has 2 amide bonds. The van der Waals surface area contributed by atoms with E-state index in [0.29, 0.717) is 17.8 Å². The van der Waals surface area contributed by atoms with E-state index in [0.717, 1.165) is 11.1 Å². The van der Waals surface area contributed by atoms with Crippen molar-refractivity contribution in [3.8, 4) is 5.75 Å². The summed E-state index contributed by atoms with van der Waals surface area (Å²) >= 11 is 0. The summed E-state index contributed by atoms with van der Waals surface area (Å²) in [6, 6.07) is 11.9. The van der Waals surface area contributed by atoms with Gasteiger partial charge >= 0.3 is 0 Å². The number of aromatic hydroxyl groups is 1. The molecule has 2 aromatic rings. The standard InChI is InChI=1S/C19H22N4O3/c1-11-3-8-15(18(25)9-11)16-10-17(23-22-16)19(26)21-14-6-4-13(5-7-14)20-12(2)24/h3-9,16-17,22-23,25H,10H2,1-2H3,(H,20,24)(H,21,26). The fourth-order valence-corrected chi connectivity index (χ4v) is 2.95. The Morgan fingerprint density at radius 1 is 1.04 bits per heavy atom. The number of aryl methyl sites for hydroxylation is 1. The predicted molar refractivity (Wildman–Crippen MR) is 99.6 cm³/mol. The smallest absolute Gasteiger partial charge is 0.242 e. The number of benzene rings is 2. The minimum atomic E-state index is -0.421. The van der Waals surface area contributed by atoms with Gasteiger partial charge in [0.25, 0.3) is 0 Å². The second-order valence-corrected chi connectivity index (χ2v) is 6.44. The van der Waals surface area contributed by atoms with E-state index in [-0.39, 0.29) is 23.6 Å². The highest BCUT2D eigenvalue weighted by Crippen LogP contribution is 2.30. The lowest BCUT2D eigenvalue weighted by atomic mass is 9.99. The van der Waals surface area contributed by atoms with Crippen LogP contribution in [0.4, 0.5) is 11.4 Å². The summed E-state index contributed by atoms with van der Waals surface area (Å²) in [5, 5.41) is 15.6. The molecular weight excluding hydrogens is 332 g/mol. The molecule has 1 aliphatic rings. The monoisotopic (exact) mass is 354 g/mol. The predicted octanol–water partition coefficient (Wildman–Crippen LogP) is 2.21. The molecule has 7 heteroatoms. The molecule has 1 saturated heterocycles. The molecule has 0 radical (unpaired) electrons. The van der Waals surface area contributed by atoms with Crippen molar-refractivity contribution in [3.63, 3.8) is 0 Å². The van der Waals surface area contributed by atoms with Crippen molar-refractivity contribution in [2.75, 3.05) is 10.6 Å². The molecule has 3 rings (SSSR count). The van der Waals surface area contributed by atoms with E-state index in [1.165, 1.54) is 6.92 Å². The van der Waals surface area contributed by atoms with Crippen LogP contribution in [0.25, 0.3) is 0 Å². The number of amides is 2. The van der Waals surface area contributed by atoms with Crippen LogP contribution in [0.5, 0.6) is 5.75 Å². The van der Waals surface area contributed by atoms with Crippen LogP contribution < -0.4 is 21.5 Å². The van der Waals surface area contributed by atoms with Crippen LogP contribution in [-0.2, 0) is 9.59 Å². The largest absolute Gasteiger partial charge is 0.508 e. The van der Waals surface area contributed by atoms with Gasteiger partial charge in [0.15, 0.2) is 0 Å². The Hall–Kier alpha value is -2.90. The van der Waals surface area contributed by atoms with E-state index in [1.54, 1.807) is 30.3 Å². The molecule has 26 heavy (non-hydrogen) atoms. The van der Waals surface area contributed by atoms with Crippen molar-refractivity contribution < 1.29 is 14.7 Å². The Balaban J connectivity index is 1.60. The molecule has 0 aliphatic carbocycles. The van der Waals surface area contributed by atoms with Gasteiger partial charge in [-0.25, -0.2) is 10.9 Å². The van der Waals surface area contributed by atoms with Crippen LogP contribution in [0.3, 0.4) is 0 Å². The lowest BCUT2D eigenvalue weighted by molar-refractivity contribution is -0.118. The molecule has 1 heterocycles. The molecule has 7 nitrogen and oxygen atoms in total. The second kappa shape index (κ2) is 7.55. The van der Waals surface area contributed by atoms with Gasteiger partial charge in [-0.05, 0) is 49.2 Å². The summed E-state index contributed by atoms with van der Waals surface area (Å²) in [6.45, 7) is 3.36. The average Bonchev–Trinajstić information content (AvgIpc) is 3.06. The van der Waals surface area contributed by atoms with Gasteiger partial charge in [-0.3, -0.25) is 9.59 Å². The zero-order chi connectivity index (χ0) is 18.7. The van der Waals surface area contributed by atoms with Gasteiger partial charge < -0.3 is 15.7 Å². The maximum atomic E-state index is 12.4. The summed E-state index contributed by atoms with van der Waals surface area (Å²) in [5.74, 6) is -0.0915. The number of hydrazine groups is 1. The van der Waals surface area contributed by atoms with E-state index >= 15 is 0 Å². The van der Waals surface area contributed by atoms with Gasteiger partial charge in [0.1, 0.15) is 11.8 Å². The van der Waals surface area contributed by atoms with E-state index in [1.807, 2.05) is 19.1 Å². The molecule has 1 aliphatic heterocycles. The SMILES string of the molecule is CC(=O)Nc1ccc(NC(=O)C2CC(c3ccc(C)cc3O)NN2)cc1. The zero-order valence-electron chi connectivity index (χ0n) is 14.7. The normalized spacial score (nSPS) is 19.2. The molecule has 2 unspecified atom stereocenters.